The lowest BCUT2D eigenvalue weighted by atomic mass is 10.0. The Balaban J connectivity index is 1.44. The molecule has 1 heterocycles. The van der Waals surface area contributed by atoms with Gasteiger partial charge < -0.3 is 4.52 Å². The number of hydrogen-bond acceptors (Lipinski definition) is 4. The van der Waals surface area contributed by atoms with Gasteiger partial charge in [-0.05, 0) is 29.7 Å². The molecule has 5 heteroatoms. The summed E-state index contributed by atoms with van der Waals surface area (Å²) in [5.74, 6) is 0.879. The highest BCUT2D eigenvalue weighted by atomic mass is 19.1. The number of ketones is 1. The largest absolute Gasteiger partial charge is 0.339 e. The number of hydrogen-bond donors (Lipinski definition) is 0. The van der Waals surface area contributed by atoms with Gasteiger partial charge in [0.1, 0.15) is 6.67 Å². The van der Waals surface area contributed by atoms with Crippen LogP contribution in [-0.2, 0) is 11.8 Å². The first-order valence-electron chi connectivity index (χ1n) is 8.11. The normalized spacial score (nSPS) is 15.5. The van der Waals surface area contributed by atoms with E-state index >= 15 is 0 Å². The van der Waals surface area contributed by atoms with Crippen molar-refractivity contribution in [2.24, 2.45) is 0 Å². The Hall–Kier alpha value is -2.56. The molecule has 0 aliphatic heterocycles. The molecule has 3 aromatic rings. The number of carbonyl (C=O) groups is 1. The van der Waals surface area contributed by atoms with Crippen LogP contribution in [0.5, 0.6) is 0 Å². The standard InChI is InChI=1S/C19H17FN2O2/c20-12-19(9-10-19)18-21-17(24-22-18)8-7-16(23)15-6-5-13-3-1-2-4-14(13)11-15/h1-6,11H,7-10,12H2. The zero-order valence-corrected chi connectivity index (χ0v) is 13.2. The Kier molecular flexibility index (Phi) is 3.63. The molecule has 0 bridgehead atoms. The van der Waals surface area contributed by atoms with Gasteiger partial charge >= 0.3 is 0 Å². The van der Waals surface area contributed by atoms with Gasteiger partial charge in [-0.25, -0.2) is 4.39 Å². The van der Waals surface area contributed by atoms with Crippen molar-refractivity contribution in [1.29, 1.82) is 0 Å². The minimum Gasteiger partial charge on any atom is -0.339 e. The molecule has 122 valence electrons. The van der Waals surface area contributed by atoms with Crippen molar-refractivity contribution in [3.63, 3.8) is 0 Å². The molecule has 4 rings (SSSR count). The molecule has 1 aliphatic carbocycles. The summed E-state index contributed by atoms with van der Waals surface area (Å²) in [4.78, 5) is 16.6. The molecule has 1 aromatic heterocycles. The molecule has 1 aliphatic rings. The fourth-order valence-electron chi connectivity index (χ4n) is 2.87. The van der Waals surface area contributed by atoms with Crippen molar-refractivity contribution >= 4 is 16.6 Å². The minimum atomic E-state index is -0.524. The van der Waals surface area contributed by atoms with E-state index in [9.17, 15) is 9.18 Å². The van der Waals surface area contributed by atoms with Crippen LogP contribution in [0, 0.1) is 0 Å². The number of Topliss-reactive ketones (excluding diaryl/α,β-unsaturated/α-hetero) is 1. The average molecular weight is 324 g/mol. The Labute approximate surface area is 138 Å². The van der Waals surface area contributed by atoms with Crippen molar-refractivity contribution < 1.29 is 13.7 Å². The fourth-order valence-corrected chi connectivity index (χ4v) is 2.87. The summed E-state index contributed by atoms with van der Waals surface area (Å²) >= 11 is 0. The lowest BCUT2D eigenvalue weighted by Crippen LogP contribution is -2.11. The predicted octanol–water partition coefficient (Wildman–Crippen LogP) is 4.04. The third-order valence-electron chi connectivity index (χ3n) is 4.69. The monoisotopic (exact) mass is 324 g/mol. The highest BCUT2D eigenvalue weighted by Crippen LogP contribution is 2.47. The highest BCUT2D eigenvalue weighted by molar-refractivity contribution is 5.99. The molecule has 4 nitrogen and oxygen atoms in total. The van der Waals surface area contributed by atoms with Crippen molar-refractivity contribution in [3.05, 3.63) is 59.7 Å². The number of aromatic nitrogens is 2. The molecular formula is C19H17FN2O2. The van der Waals surface area contributed by atoms with Crippen molar-refractivity contribution in [2.45, 2.75) is 31.1 Å². The van der Waals surface area contributed by atoms with Crippen LogP contribution >= 0.6 is 0 Å². The molecule has 0 atom stereocenters. The molecule has 0 saturated heterocycles. The number of aryl methyl sites for hydroxylation is 1. The van der Waals surface area contributed by atoms with Gasteiger partial charge in [-0.3, -0.25) is 4.79 Å². The summed E-state index contributed by atoms with van der Waals surface area (Å²) < 4.78 is 18.2. The Bertz CT molecular complexity index is 899. The smallest absolute Gasteiger partial charge is 0.227 e. The molecule has 1 saturated carbocycles. The van der Waals surface area contributed by atoms with Gasteiger partial charge in [-0.15, -0.1) is 0 Å². The lowest BCUT2D eigenvalue weighted by molar-refractivity contribution is 0.0980. The molecule has 0 spiro atoms. The molecule has 1 fully saturated rings. The molecular weight excluding hydrogens is 307 g/mol. The van der Waals surface area contributed by atoms with Crippen LogP contribution in [0.2, 0.25) is 0 Å². The van der Waals surface area contributed by atoms with Gasteiger partial charge in [0.15, 0.2) is 11.6 Å². The average Bonchev–Trinajstić information content (AvgIpc) is 3.29. The zero-order valence-electron chi connectivity index (χ0n) is 13.2. The summed E-state index contributed by atoms with van der Waals surface area (Å²) in [5, 5.41) is 6.03. The van der Waals surface area contributed by atoms with Crippen LogP contribution in [0.25, 0.3) is 10.8 Å². The molecule has 2 aromatic carbocycles. The first-order valence-corrected chi connectivity index (χ1v) is 8.11. The number of halogens is 1. The topological polar surface area (TPSA) is 56.0 Å². The van der Waals surface area contributed by atoms with E-state index in [2.05, 4.69) is 10.1 Å². The summed E-state index contributed by atoms with van der Waals surface area (Å²) in [6.07, 6.45) is 2.20. The van der Waals surface area contributed by atoms with Crippen molar-refractivity contribution in [1.82, 2.24) is 10.1 Å². The number of fused-ring (bicyclic) bond motifs is 1. The van der Waals surface area contributed by atoms with E-state index in [0.29, 0.717) is 30.1 Å². The van der Waals surface area contributed by atoms with Gasteiger partial charge in [0.25, 0.3) is 0 Å². The van der Waals surface area contributed by atoms with Crippen LogP contribution in [0.1, 0.15) is 41.3 Å². The van der Waals surface area contributed by atoms with E-state index in [1.165, 1.54) is 0 Å². The molecule has 24 heavy (non-hydrogen) atoms. The van der Waals surface area contributed by atoms with E-state index in [1.807, 2.05) is 42.5 Å². The number of nitrogens with zero attached hydrogens (tertiary/aromatic N) is 2. The Morgan fingerprint density at radius 3 is 2.71 bits per heavy atom. The highest BCUT2D eigenvalue weighted by Gasteiger charge is 2.48. The van der Waals surface area contributed by atoms with Gasteiger partial charge in [0, 0.05) is 18.4 Å². The first kappa shape index (κ1) is 15.0. The second kappa shape index (κ2) is 5.82. The number of rotatable bonds is 6. The van der Waals surface area contributed by atoms with E-state index in [4.69, 9.17) is 4.52 Å². The maximum absolute atomic E-state index is 13.0. The predicted molar refractivity (Wildman–Crippen MR) is 87.8 cm³/mol. The second-order valence-electron chi connectivity index (χ2n) is 6.41. The second-order valence-corrected chi connectivity index (χ2v) is 6.41. The maximum atomic E-state index is 13.0. The first-order chi connectivity index (χ1) is 11.7. The molecule has 0 unspecified atom stereocenters. The van der Waals surface area contributed by atoms with Gasteiger partial charge in [0.05, 0.1) is 5.41 Å². The number of carbonyl (C=O) groups excluding carboxylic acids is 1. The van der Waals surface area contributed by atoms with Crippen molar-refractivity contribution in [3.8, 4) is 0 Å². The summed E-state index contributed by atoms with van der Waals surface area (Å²) in [7, 11) is 0. The third-order valence-corrected chi connectivity index (χ3v) is 4.69. The summed E-state index contributed by atoms with van der Waals surface area (Å²) in [5.41, 5.74) is 0.153. The fraction of sp³-hybridized carbons (Fsp3) is 0.316. The third kappa shape index (κ3) is 2.70. The number of alkyl halides is 1. The maximum Gasteiger partial charge on any atom is 0.227 e. The van der Waals surface area contributed by atoms with Crippen LogP contribution in [0.4, 0.5) is 4.39 Å². The van der Waals surface area contributed by atoms with Crippen LogP contribution < -0.4 is 0 Å². The van der Waals surface area contributed by atoms with Gasteiger partial charge in [-0.2, -0.15) is 4.98 Å². The summed E-state index contributed by atoms with van der Waals surface area (Å²) in [6, 6.07) is 13.6. The Morgan fingerprint density at radius 1 is 1.17 bits per heavy atom. The van der Waals surface area contributed by atoms with E-state index in [-0.39, 0.29) is 5.78 Å². The SMILES string of the molecule is O=C(CCc1nc(C2(CF)CC2)no1)c1ccc2ccccc2c1. The van der Waals surface area contributed by atoms with Gasteiger partial charge in [0.2, 0.25) is 5.89 Å². The van der Waals surface area contributed by atoms with E-state index < -0.39 is 12.1 Å². The zero-order chi connectivity index (χ0) is 16.6. The van der Waals surface area contributed by atoms with Crippen LogP contribution in [-0.4, -0.2) is 22.6 Å². The van der Waals surface area contributed by atoms with Crippen LogP contribution in [0.3, 0.4) is 0 Å². The molecule has 0 radical (unpaired) electrons. The van der Waals surface area contributed by atoms with Crippen LogP contribution in [0.15, 0.2) is 47.0 Å². The van der Waals surface area contributed by atoms with E-state index in [1.54, 1.807) is 0 Å². The minimum absolute atomic E-state index is 0.0344. The van der Waals surface area contributed by atoms with Crippen molar-refractivity contribution in [2.75, 3.05) is 6.67 Å². The quantitative estimate of drug-likeness (QED) is 0.642. The molecule has 0 N–H and O–H groups in total. The number of benzene rings is 2. The summed E-state index contributed by atoms with van der Waals surface area (Å²) in [6.45, 7) is -0.456. The van der Waals surface area contributed by atoms with Gasteiger partial charge in [-0.1, -0.05) is 41.6 Å². The lowest BCUT2D eigenvalue weighted by Gasteiger charge is -2.02. The Morgan fingerprint density at radius 2 is 1.96 bits per heavy atom. The van der Waals surface area contributed by atoms with E-state index in [0.717, 1.165) is 23.6 Å². The molecule has 0 amide bonds.